The van der Waals surface area contributed by atoms with Crippen molar-refractivity contribution >= 4 is 17.9 Å². The Hall–Kier alpha value is -2.01. The van der Waals surface area contributed by atoms with Crippen molar-refractivity contribution in [3.05, 3.63) is 52.5 Å². The van der Waals surface area contributed by atoms with E-state index in [1.165, 1.54) is 12.1 Å². The van der Waals surface area contributed by atoms with Crippen molar-refractivity contribution in [1.82, 2.24) is 14.6 Å². The van der Waals surface area contributed by atoms with Gasteiger partial charge >= 0.3 is 0 Å². The molecule has 3 rings (SSSR count). The molecule has 0 aliphatic rings. The second-order valence-electron chi connectivity index (χ2n) is 4.11. The molecule has 0 saturated carbocycles. The van der Waals surface area contributed by atoms with E-state index in [0.29, 0.717) is 4.64 Å². The van der Waals surface area contributed by atoms with Crippen molar-refractivity contribution in [2.75, 3.05) is 0 Å². The number of hydrogen-bond donors (Lipinski definition) is 1. The monoisotopic (exact) mass is 259 g/mol. The lowest BCUT2D eigenvalue weighted by Crippen LogP contribution is -1.93. The number of rotatable bonds is 1. The predicted molar refractivity (Wildman–Crippen MR) is 70.5 cm³/mol. The van der Waals surface area contributed by atoms with Crippen LogP contribution in [0.2, 0.25) is 0 Å². The number of hydrogen-bond acceptors (Lipinski definition) is 2. The van der Waals surface area contributed by atoms with Gasteiger partial charge in [0, 0.05) is 11.8 Å². The van der Waals surface area contributed by atoms with E-state index in [2.05, 4.69) is 10.1 Å². The highest BCUT2D eigenvalue weighted by molar-refractivity contribution is 7.71. The van der Waals surface area contributed by atoms with Gasteiger partial charge < -0.3 is 0 Å². The Morgan fingerprint density at radius 3 is 2.67 bits per heavy atom. The molecule has 0 radical (unpaired) electrons. The van der Waals surface area contributed by atoms with Crippen LogP contribution < -0.4 is 0 Å². The van der Waals surface area contributed by atoms with Crippen LogP contribution in [0.25, 0.3) is 16.9 Å². The number of nitrogens with zero attached hydrogens (tertiary/aromatic N) is 2. The molecule has 0 amide bonds. The molecule has 2 aromatic heterocycles. The number of aromatic nitrogens is 3. The minimum absolute atomic E-state index is 0.250. The number of fused-ring (bicyclic) bond motifs is 1. The van der Waals surface area contributed by atoms with Crippen LogP contribution in [0.15, 0.2) is 36.4 Å². The van der Waals surface area contributed by atoms with Crippen LogP contribution in [0, 0.1) is 17.4 Å². The molecule has 0 bridgehead atoms. The van der Waals surface area contributed by atoms with Gasteiger partial charge in [0.1, 0.15) is 10.5 Å². The summed E-state index contributed by atoms with van der Waals surface area (Å²) in [6.45, 7) is 1.90. The van der Waals surface area contributed by atoms with Crippen LogP contribution in [0.3, 0.4) is 0 Å². The van der Waals surface area contributed by atoms with Gasteiger partial charge in [-0.1, -0.05) is 12.2 Å². The van der Waals surface area contributed by atoms with Gasteiger partial charge in [-0.3, -0.25) is 5.10 Å². The summed E-state index contributed by atoms with van der Waals surface area (Å²) >= 11 is 5.26. The molecule has 0 aliphatic carbocycles. The van der Waals surface area contributed by atoms with Crippen LogP contribution in [0.5, 0.6) is 0 Å². The fourth-order valence-electron chi connectivity index (χ4n) is 1.89. The first-order chi connectivity index (χ1) is 8.63. The van der Waals surface area contributed by atoms with E-state index in [9.17, 15) is 4.39 Å². The van der Waals surface area contributed by atoms with Crippen LogP contribution in [0.1, 0.15) is 5.69 Å². The first kappa shape index (κ1) is 11.1. The SMILES string of the molecule is Cc1cc(=S)n2[nH]c(-c3ccc(F)cc3)cc2n1. The molecule has 0 aliphatic heterocycles. The summed E-state index contributed by atoms with van der Waals surface area (Å²) in [4.78, 5) is 4.39. The zero-order valence-corrected chi connectivity index (χ0v) is 10.5. The standard InChI is InChI=1S/C13H10FN3S/c1-8-6-13(18)17-12(15-8)7-11(16-17)9-2-4-10(14)5-3-9/h2-7,16H,1H3. The maximum absolute atomic E-state index is 12.9. The molecule has 90 valence electrons. The number of nitrogens with one attached hydrogen (secondary N) is 1. The molecule has 1 aromatic carbocycles. The summed E-state index contributed by atoms with van der Waals surface area (Å²) in [5, 5.41) is 3.15. The lowest BCUT2D eigenvalue weighted by molar-refractivity contribution is 0.628. The topological polar surface area (TPSA) is 33.1 Å². The largest absolute Gasteiger partial charge is 0.291 e. The lowest BCUT2D eigenvalue weighted by Gasteiger charge is -1.97. The zero-order chi connectivity index (χ0) is 12.7. The summed E-state index contributed by atoms with van der Waals surface area (Å²) in [7, 11) is 0. The molecule has 0 atom stereocenters. The Bertz CT molecular complexity index is 771. The maximum atomic E-state index is 12.9. The van der Waals surface area contributed by atoms with E-state index in [1.807, 2.05) is 19.1 Å². The Morgan fingerprint density at radius 2 is 1.94 bits per heavy atom. The highest BCUT2D eigenvalue weighted by atomic mass is 32.1. The van der Waals surface area contributed by atoms with Gasteiger partial charge in [-0.25, -0.2) is 13.9 Å². The fraction of sp³-hybridized carbons (Fsp3) is 0.0769. The van der Waals surface area contributed by atoms with Gasteiger partial charge in [-0.15, -0.1) is 0 Å². The molecule has 5 heteroatoms. The highest BCUT2D eigenvalue weighted by Crippen LogP contribution is 2.19. The van der Waals surface area contributed by atoms with E-state index in [0.717, 1.165) is 22.6 Å². The maximum Gasteiger partial charge on any atom is 0.155 e. The number of aryl methyl sites for hydroxylation is 1. The van der Waals surface area contributed by atoms with Gasteiger partial charge in [0.25, 0.3) is 0 Å². The number of H-pyrrole nitrogens is 1. The number of aromatic amines is 1. The molecule has 3 aromatic rings. The third-order valence-electron chi connectivity index (χ3n) is 2.73. The number of benzene rings is 1. The molecule has 0 spiro atoms. The quantitative estimate of drug-likeness (QED) is 0.678. The zero-order valence-electron chi connectivity index (χ0n) is 9.64. The molecule has 18 heavy (non-hydrogen) atoms. The summed E-state index contributed by atoms with van der Waals surface area (Å²) < 4.78 is 15.3. The van der Waals surface area contributed by atoms with Gasteiger partial charge in [-0.05, 0) is 42.8 Å². The molecular weight excluding hydrogens is 249 g/mol. The van der Waals surface area contributed by atoms with E-state index in [4.69, 9.17) is 12.2 Å². The first-order valence-corrected chi connectivity index (χ1v) is 5.90. The summed E-state index contributed by atoms with van der Waals surface area (Å²) in [6, 6.07) is 10.0. The second-order valence-corrected chi connectivity index (χ2v) is 4.52. The molecule has 0 fully saturated rings. The van der Waals surface area contributed by atoms with Crippen LogP contribution in [-0.2, 0) is 0 Å². The Kier molecular flexibility index (Phi) is 2.48. The fourth-order valence-corrected chi connectivity index (χ4v) is 2.20. The average molecular weight is 259 g/mol. The van der Waals surface area contributed by atoms with Crippen molar-refractivity contribution in [1.29, 1.82) is 0 Å². The summed E-state index contributed by atoms with van der Waals surface area (Å²) in [5.74, 6) is -0.250. The molecule has 0 saturated heterocycles. The van der Waals surface area contributed by atoms with Crippen LogP contribution in [-0.4, -0.2) is 14.6 Å². The smallest absolute Gasteiger partial charge is 0.155 e. The predicted octanol–water partition coefficient (Wildman–Crippen LogP) is 3.51. The minimum Gasteiger partial charge on any atom is -0.291 e. The van der Waals surface area contributed by atoms with Crippen molar-refractivity contribution in [3.63, 3.8) is 0 Å². The van der Waals surface area contributed by atoms with Gasteiger partial charge in [0.05, 0.1) is 5.69 Å². The third-order valence-corrected chi connectivity index (χ3v) is 3.03. The van der Waals surface area contributed by atoms with Crippen molar-refractivity contribution in [3.8, 4) is 11.3 Å². The third kappa shape index (κ3) is 1.82. The molecule has 1 N–H and O–H groups in total. The highest BCUT2D eigenvalue weighted by Gasteiger charge is 2.05. The molecular formula is C13H10FN3S. The Balaban J connectivity index is 2.22. The normalized spacial score (nSPS) is 11.0. The van der Waals surface area contributed by atoms with Crippen molar-refractivity contribution < 1.29 is 4.39 Å². The molecule has 2 heterocycles. The first-order valence-electron chi connectivity index (χ1n) is 5.49. The van der Waals surface area contributed by atoms with Crippen LogP contribution >= 0.6 is 12.2 Å². The number of halogens is 1. The molecule has 3 nitrogen and oxygen atoms in total. The van der Waals surface area contributed by atoms with Crippen molar-refractivity contribution in [2.45, 2.75) is 6.92 Å². The Labute approximate surface area is 108 Å². The minimum atomic E-state index is -0.250. The summed E-state index contributed by atoms with van der Waals surface area (Å²) in [5.41, 5.74) is 3.40. The van der Waals surface area contributed by atoms with Gasteiger partial charge in [0.2, 0.25) is 0 Å². The molecule has 0 unspecified atom stereocenters. The van der Waals surface area contributed by atoms with Gasteiger partial charge in [-0.2, -0.15) is 0 Å². The van der Waals surface area contributed by atoms with Crippen molar-refractivity contribution in [2.24, 2.45) is 0 Å². The lowest BCUT2D eigenvalue weighted by atomic mass is 10.1. The second kappa shape index (κ2) is 4.03. The van der Waals surface area contributed by atoms with Crippen LogP contribution in [0.4, 0.5) is 4.39 Å². The average Bonchev–Trinajstić information content (AvgIpc) is 2.74. The van der Waals surface area contributed by atoms with E-state index in [-0.39, 0.29) is 5.82 Å². The van der Waals surface area contributed by atoms with E-state index in [1.54, 1.807) is 16.6 Å². The van der Waals surface area contributed by atoms with Gasteiger partial charge in [0.15, 0.2) is 5.65 Å². The van der Waals surface area contributed by atoms with E-state index < -0.39 is 0 Å². The Morgan fingerprint density at radius 1 is 1.22 bits per heavy atom. The van der Waals surface area contributed by atoms with E-state index >= 15 is 0 Å². The summed E-state index contributed by atoms with van der Waals surface area (Å²) in [6.07, 6.45) is 0.